The smallest absolute Gasteiger partial charge is 0.106 e. The van der Waals surface area contributed by atoms with Crippen LogP contribution in [-0.2, 0) is 37.9 Å². The van der Waals surface area contributed by atoms with E-state index in [2.05, 4.69) is 94.4 Å². The van der Waals surface area contributed by atoms with Crippen LogP contribution in [0.2, 0.25) is 0 Å². The Morgan fingerprint density at radius 1 is 0.362 bits per heavy atom. The fourth-order valence-corrected chi connectivity index (χ4v) is 10.9. The number of thiol groups is 3. The van der Waals surface area contributed by atoms with Crippen LogP contribution in [0.5, 0.6) is 0 Å². The lowest BCUT2D eigenvalue weighted by Crippen LogP contribution is -2.10. The molecule has 0 amide bonds. The Labute approximate surface area is 458 Å². The lowest BCUT2D eigenvalue weighted by molar-refractivity contribution is 0.0464. The zero-order valence-corrected chi connectivity index (χ0v) is 50.0. The second-order valence-corrected chi connectivity index (χ2v) is 26.0. The minimum atomic E-state index is 0.418. The monoisotopic (exact) mass is 1130 g/mol. The van der Waals surface area contributed by atoms with E-state index in [0.717, 1.165) is 93.2 Å². The van der Waals surface area contributed by atoms with Crippen molar-refractivity contribution in [3.8, 4) is 0 Å². The van der Waals surface area contributed by atoms with Crippen molar-refractivity contribution in [2.24, 2.45) is 0 Å². The van der Waals surface area contributed by atoms with Crippen LogP contribution < -0.4 is 0 Å². The Bertz CT molecular complexity index is 1390. The van der Waals surface area contributed by atoms with Crippen molar-refractivity contribution in [2.45, 2.75) is 127 Å². The van der Waals surface area contributed by atoms with Crippen molar-refractivity contribution in [1.82, 2.24) is 15.0 Å². The number of pyridine rings is 3. The fourth-order valence-electron chi connectivity index (χ4n) is 4.37. The first-order chi connectivity index (χ1) is 33.5. The highest BCUT2D eigenvalue weighted by molar-refractivity contribution is 8.77. The summed E-state index contributed by atoms with van der Waals surface area (Å²) in [7, 11) is 14.1. The molecule has 11 nitrogen and oxygen atoms in total. The van der Waals surface area contributed by atoms with Gasteiger partial charge in [-0.2, -0.15) is 37.9 Å². The van der Waals surface area contributed by atoms with Gasteiger partial charge in [0, 0.05) is 104 Å². The molecule has 3 aromatic rings. The largest absolute Gasteiger partial charge is 0.382 e. The van der Waals surface area contributed by atoms with E-state index >= 15 is 0 Å². The molecule has 0 bridgehead atoms. The van der Waals surface area contributed by atoms with Gasteiger partial charge in [0.05, 0.1) is 52.9 Å². The Morgan fingerprint density at radius 2 is 0.609 bits per heavy atom. The summed E-state index contributed by atoms with van der Waals surface area (Å²) in [5, 5.41) is 6.06. The molecule has 398 valence electrons. The van der Waals surface area contributed by atoms with Crippen LogP contribution in [0.1, 0.15) is 80.1 Å². The van der Waals surface area contributed by atoms with E-state index < -0.39 is 0 Å². The maximum absolute atomic E-state index is 5.69. The van der Waals surface area contributed by atoms with E-state index in [1.807, 2.05) is 106 Å². The molecule has 3 heterocycles. The topological polar surface area (TPSA) is 113 Å². The van der Waals surface area contributed by atoms with E-state index in [1.165, 1.54) is 0 Å². The molecule has 0 saturated heterocycles. The quantitative estimate of drug-likeness (QED) is 0.0286. The van der Waals surface area contributed by atoms with E-state index in [-0.39, 0.29) is 0 Å². The average Bonchev–Trinajstić information content (AvgIpc) is 3.35. The van der Waals surface area contributed by atoms with Gasteiger partial charge in [0.2, 0.25) is 0 Å². The molecule has 0 aliphatic carbocycles. The predicted octanol–water partition coefficient (Wildman–Crippen LogP) is 13.3. The third-order valence-electron chi connectivity index (χ3n) is 8.46. The van der Waals surface area contributed by atoms with Gasteiger partial charge < -0.3 is 37.9 Å². The molecule has 3 rings (SSSR count). The SMILES string of the molecule is CC(CCOCCOCCC(C)SSc1ccccn1)SSc1ccccn1.CC(S)CCOCCOCCC(C)S.COCCOCCC(C)S.COCCOCCC(C)SSc1ccccn1. The zero-order chi connectivity index (χ0) is 50.8. The third kappa shape index (κ3) is 52.9. The van der Waals surface area contributed by atoms with Crippen molar-refractivity contribution in [3.05, 3.63) is 73.2 Å². The highest BCUT2D eigenvalue weighted by Crippen LogP contribution is 2.35. The van der Waals surface area contributed by atoms with Crippen LogP contribution in [0.15, 0.2) is 88.3 Å². The van der Waals surface area contributed by atoms with E-state index in [0.29, 0.717) is 84.4 Å². The predicted molar refractivity (Wildman–Crippen MR) is 313 cm³/mol. The summed E-state index contributed by atoms with van der Waals surface area (Å²) >= 11 is 12.7. The summed E-state index contributed by atoms with van der Waals surface area (Å²) in [6.45, 7) is 22.9. The van der Waals surface area contributed by atoms with Crippen LogP contribution >= 0.6 is 103 Å². The van der Waals surface area contributed by atoms with E-state index in [9.17, 15) is 0 Å². The summed E-state index contributed by atoms with van der Waals surface area (Å²) < 4.78 is 42.5. The van der Waals surface area contributed by atoms with Crippen molar-refractivity contribution >= 4 is 103 Å². The average molecular weight is 1130 g/mol. The summed E-state index contributed by atoms with van der Waals surface area (Å²) in [5.74, 6) is 0. The number of hydrogen-bond donors (Lipinski definition) is 3. The molecule has 6 unspecified atom stereocenters. The molecule has 0 saturated carbocycles. The first-order valence-electron chi connectivity index (χ1n) is 23.7. The number of ether oxygens (including phenoxy) is 8. The van der Waals surface area contributed by atoms with E-state index in [4.69, 9.17) is 37.9 Å². The molecule has 0 aliphatic rings. The standard InChI is InChI=1S/C20H28N2O2S4.C12H19NO2S2.C10H22O2S2.C7H16O2S/c1-17(25-27-19-7-3-5-11-21-19)9-13-23-15-16-24-14-10-18(2)26-28-20-8-4-6-12-22-20;1-11(6-8-15-10-9-14-2)16-17-12-5-3-4-7-13-12;1-9(13)3-5-11-7-8-12-6-4-10(2)14;1-7(10)3-4-9-6-5-8-2/h3-8,11-12,17-18H,9-10,13-16H2,1-2H3;3-5,7,11H,6,8-10H2,1-2H3;9-10,13-14H,3-8H2,1-2H3;7,10H,3-6H2,1-2H3. The van der Waals surface area contributed by atoms with Gasteiger partial charge in [-0.05, 0) is 107 Å². The van der Waals surface area contributed by atoms with Crippen molar-refractivity contribution < 1.29 is 37.9 Å². The van der Waals surface area contributed by atoms with Crippen LogP contribution in [0, 0.1) is 0 Å². The van der Waals surface area contributed by atoms with Gasteiger partial charge >= 0.3 is 0 Å². The van der Waals surface area contributed by atoms with E-state index in [1.54, 1.807) is 46.6 Å². The van der Waals surface area contributed by atoms with Crippen LogP contribution in [0.25, 0.3) is 0 Å². The fraction of sp³-hybridized carbons (Fsp3) is 0.694. The molecular weight excluding hydrogens is 1050 g/mol. The maximum Gasteiger partial charge on any atom is 0.106 e. The first-order valence-corrected chi connectivity index (χ1v) is 31.9. The molecule has 69 heavy (non-hydrogen) atoms. The Balaban J connectivity index is 0.000000968. The molecule has 0 N–H and O–H groups in total. The lowest BCUT2D eigenvalue weighted by atomic mass is 10.3. The maximum atomic E-state index is 5.69. The van der Waals surface area contributed by atoms with Crippen LogP contribution in [0.4, 0.5) is 0 Å². The Morgan fingerprint density at radius 3 is 0.826 bits per heavy atom. The molecular formula is C49H85N3O8S9. The number of methoxy groups -OCH3 is 2. The van der Waals surface area contributed by atoms with Gasteiger partial charge in [0.15, 0.2) is 0 Å². The van der Waals surface area contributed by atoms with Gasteiger partial charge in [-0.25, -0.2) is 15.0 Å². The third-order valence-corrected chi connectivity index (χ3v) is 17.8. The van der Waals surface area contributed by atoms with Crippen molar-refractivity contribution in [3.63, 3.8) is 0 Å². The minimum absolute atomic E-state index is 0.418. The summed E-state index contributed by atoms with van der Waals surface area (Å²) in [6.07, 6.45) is 11.6. The second kappa shape index (κ2) is 53.1. The molecule has 0 spiro atoms. The van der Waals surface area contributed by atoms with Gasteiger partial charge in [-0.3, -0.25) is 0 Å². The molecule has 0 aromatic carbocycles. The number of rotatable bonds is 39. The molecule has 20 heteroatoms. The van der Waals surface area contributed by atoms with Gasteiger partial charge in [0.1, 0.15) is 15.1 Å². The molecule has 0 fully saturated rings. The van der Waals surface area contributed by atoms with Gasteiger partial charge in [0.25, 0.3) is 0 Å². The Kier molecular flexibility index (Phi) is 53.3. The highest BCUT2D eigenvalue weighted by Gasteiger charge is 2.08. The second-order valence-electron chi connectivity index (χ2n) is 15.4. The minimum Gasteiger partial charge on any atom is -0.382 e. The molecule has 3 aromatic heterocycles. The number of aromatic nitrogens is 3. The van der Waals surface area contributed by atoms with Gasteiger partial charge in [-0.15, -0.1) is 0 Å². The highest BCUT2D eigenvalue weighted by atomic mass is 33.1. The van der Waals surface area contributed by atoms with Gasteiger partial charge in [-0.1, -0.05) is 92.1 Å². The van der Waals surface area contributed by atoms with Crippen LogP contribution in [-0.4, -0.2) is 153 Å². The summed E-state index contributed by atoms with van der Waals surface area (Å²) in [4.78, 5) is 12.9. The normalized spacial score (nSPS) is 13.6. The summed E-state index contributed by atoms with van der Waals surface area (Å²) in [5.41, 5.74) is 0. The van der Waals surface area contributed by atoms with Crippen molar-refractivity contribution in [2.75, 3.05) is 107 Å². The zero-order valence-electron chi connectivity index (χ0n) is 42.4. The summed E-state index contributed by atoms with van der Waals surface area (Å²) in [6, 6.07) is 18.0. The molecule has 0 radical (unpaired) electrons. The lowest BCUT2D eigenvalue weighted by Gasteiger charge is -2.12. The first kappa shape index (κ1) is 69.3. The van der Waals surface area contributed by atoms with Crippen LogP contribution in [0.3, 0.4) is 0 Å². The molecule has 6 atom stereocenters. The Hall–Kier alpha value is 0.280. The molecule has 0 aliphatic heterocycles. The number of nitrogens with zero attached hydrogens (tertiary/aromatic N) is 3. The van der Waals surface area contributed by atoms with Crippen molar-refractivity contribution in [1.29, 1.82) is 0 Å². The number of hydrogen-bond acceptors (Lipinski definition) is 20.